The van der Waals surface area contributed by atoms with Crippen molar-refractivity contribution in [3.8, 4) is 0 Å². The van der Waals surface area contributed by atoms with Gasteiger partial charge in [0.1, 0.15) is 5.82 Å². The van der Waals surface area contributed by atoms with Crippen molar-refractivity contribution in [1.82, 2.24) is 0 Å². The Balaban J connectivity index is 1.81. The summed E-state index contributed by atoms with van der Waals surface area (Å²) < 4.78 is 13.3. The molecule has 0 N–H and O–H groups in total. The molecule has 1 heterocycles. The topological polar surface area (TPSA) is 3.24 Å². The summed E-state index contributed by atoms with van der Waals surface area (Å²) >= 11 is 5.94. The second-order valence-corrected chi connectivity index (χ2v) is 5.52. The highest BCUT2D eigenvalue weighted by molar-refractivity contribution is 6.17. The predicted molar refractivity (Wildman–Crippen MR) is 82.0 cm³/mol. The highest BCUT2D eigenvalue weighted by atomic mass is 35.5. The Kier molecular flexibility index (Phi) is 3.93. The monoisotopic (exact) mass is 289 g/mol. The van der Waals surface area contributed by atoms with E-state index in [0.29, 0.717) is 11.8 Å². The van der Waals surface area contributed by atoms with E-state index in [2.05, 4.69) is 29.2 Å². The number of alkyl halides is 1. The number of hydrogen-bond acceptors (Lipinski definition) is 1. The predicted octanol–water partition coefficient (Wildman–Crippen LogP) is 4.56. The average molecular weight is 290 g/mol. The SMILES string of the molecule is Fc1ccc(N2CCC(c3ccccc3)C2)c(CCl)c1. The van der Waals surface area contributed by atoms with Gasteiger partial charge >= 0.3 is 0 Å². The van der Waals surface area contributed by atoms with Gasteiger partial charge in [-0.1, -0.05) is 30.3 Å². The molecule has 0 radical (unpaired) electrons. The highest BCUT2D eigenvalue weighted by Gasteiger charge is 2.25. The molecule has 1 aliphatic heterocycles. The first-order valence-corrected chi connectivity index (χ1v) is 7.45. The van der Waals surface area contributed by atoms with E-state index in [0.717, 1.165) is 30.8 Å². The Morgan fingerprint density at radius 2 is 1.95 bits per heavy atom. The Labute approximate surface area is 124 Å². The van der Waals surface area contributed by atoms with E-state index < -0.39 is 0 Å². The normalized spacial score (nSPS) is 18.5. The van der Waals surface area contributed by atoms with Crippen LogP contribution in [0.4, 0.5) is 10.1 Å². The van der Waals surface area contributed by atoms with E-state index in [1.165, 1.54) is 17.7 Å². The molecular weight excluding hydrogens is 273 g/mol. The van der Waals surface area contributed by atoms with Crippen molar-refractivity contribution in [3.63, 3.8) is 0 Å². The van der Waals surface area contributed by atoms with Crippen molar-refractivity contribution < 1.29 is 4.39 Å². The van der Waals surface area contributed by atoms with Gasteiger partial charge in [-0.25, -0.2) is 4.39 Å². The Morgan fingerprint density at radius 1 is 1.15 bits per heavy atom. The number of benzene rings is 2. The lowest BCUT2D eigenvalue weighted by atomic mass is 9.99. The lowest BCUT2D eigenvalue weighted by molar-refractivity contribution is 0.626. The van der Waals surface area contributed by atoms with Crippen molar-refractivity contribution in [2.24, 2.45) is 0 Å². The van der Waals surface area contributed by atoms with Crippen LogP contribution in [0.15, 0.2) is 48.5 Å². The van der Waals surface area contributed by atoms with Crippen LogP contribution >= 0.6 is 11.6 Å². The third-order valence-electron chi connectivity index (χ3n) is 3.99. The maximum absolute atomic E-state index is 13.3. The summed E-state index contributed by atoms with van der Waals surface area (Å²) in [6, 6.07) is 15.5. The van der Waals surface area contributed by atoms with Gasteiger partial charge in [-0.2, -0.15) is 0 Å². The Bertz CT molecular complexity index is 585. The van der Waals surface area contributed by atoms with Crippen LogP contribution in [0.3, 0.4) is 0 Å². The molecule has 3 heteroatoms. The molecule has 104 valence electrons. The average Bonchev–Trinajstić information content (AvgIpc) is 2.97. The minimum absolute atomic E-state index is 0.219. The van der Waals surface area contributed by atoms with Gasteiger partial charge in [0.25, 0.3) is 0 Å². The summed E-state index contributed by atoms with van der Waals surface area (Å²) in [5.41, 5.74) is 3.32. The van der Waals surface area contributed by atoms with Gasteiger partial charge in [-0.3, -0.25) is 0 Å². The minimum Gasteiger partial charge on any atom is -0.371 e. The maximum Gasteiger partial charge on any atom is 0.123 e. The molecule has 1 fully saturated rings. The van der Waals surface area contributed by atoms with Gasteiger partial charge in [0.05, 0.1) is 0 Å². The molecule has 20 heavy (non-hydrogen) atoms. The zero-order valence-corrected chi connectivity index (χ0v) is 12.0. The number of anilines is 1. The molecule has 2 aromatic carbocycles. The molecular formula is C17H17ClFN. The van der Waals surface area contributed by atoms with E-state index in [-0.39, 0.29) is 5.82 Å². The number of rotatable bonds is 3. The van der Waals surface area contributed by atoms with Crippen LogP contribution in [-0.4, -0.2) is 13.1 Å². The van der Waals surface area contributed by atoms with Crippen molar-refractivity contribution >= 4 is 17.3 Å². The zero-order valence-electron chi connectivity index (χ0n) is 11.2. The molecule has 0 aliphatic carbocycles. The van der Waals surface area contributed by atoms with Gasteiger partial charge in [-0.05, 0) is 35.7 Å². The summed E-state index contributed by atoms with van der Waals surface area (Å²) in [5, 5.41) is 0. The van der Waals surface area contributed by atoms with Crippen molar-refractivity contribution in [1.29, 1.82) is 0 Å². The van der Waals surface area contributed by atoms with Gasteiger partial charge in [-0.15, -0.1) is 11.6 Å². The summed E-state index contributed by atoms with van der Waals surface area (Å²) in [7, 11) is 0. The van der Waals surface area contributed by atoms with Crippen LogP contribution in [-0.2, 0) is 5.88 Å². The molecule has 1 saturated heterocycles. The number of nitrogens with zero attached hydrogens (tertiary/aromatic N) is 1. The van der Waals surface area contributed by atoms with E-state index in [4.69, 9.17) is 11.6 Å². The quantitative estimate of drug-likeness (QED) is 0.749. The van der Waals surface area contributed by atoms with Gasteiger partial charge < -0.3 is 4.90 Å². The molecule has 2 aromatic rings. The van der Waals surface area contributed by atoms with E-state index in [1.807, 2.05) is 12.1 Å². The van der Waals surface area contributed by atoms with Gasteiger partial charge in [0.2, 0.25) is 0 Å². The molecule has 0 saturated carbocycles. The molecule has 0 aromatic heterocycles. The number of hydrogen-bond donors (Lipinski definition) is 0. The summed E-state index contributed by atoms with van der Waals surface area (Å²) in [4.78, 5) is 2.31. The molecule has 1 nitrogen and oxygen atoms in total. The molecule has 1 aliphatic rings. The lowest BCUT2D eigenvalue weighted by Crippen LogP contribution is -2.20. The van der Waals surface area contributed by atoms with Crippen molar-refractivity contribution in [2.45, 2.75) is 18.2 Å². The largest absolute Gasteiger partial charge is 0.371 e. The van der Waals surface area contributed by atoms with Crippen LogP contribution in [0, 0.1) is 5.82 Å². The molecule has 3 rings (SSSR count). The van der Waals surface area contributed by atoms with Crippen LogP contribution < -0.4 is 4.90 Å². The van der Waals surface area contributed by atoms with Crippen LogP contribution in [0.25, 0.3) is 0 Å². The molecule has 0 spiro atoms. The molecule has 0 amide bonds. The third kappa shape index (κ3) is 2.66. The molecule has 1 unspecified atom stereocenters. The standard InChI is InChI=1S/C17H17ClFN/c18-11-15-10-16(19)6-7-17(15)20-9-8-14(12-20)13-4-2-1-3-5-13/h1-7,10,14H,8-9,11-12H2. The van der Waals surface area contributed by atoms with E-state index in [1.54, 1.807) is 0 Å². The van der Waals surface area contributed by atoms with Crippen molar-refractivity contribution in [2.75, 3.05) is 18.0 Å². The first-order valence-electron chi connectivity index (χ1n) is 6.92. The Hall–Kier alpha value is -1.54. The highest BCUT2D eigenvalue weighted by Crippen LogP contribution is 2.33. The van der Waals surface area contributed by atoms with Crippen molar-refractivity contribution in [3.05, 3.63) is 65.5 Å². The fourth-order valence-electron chi connectivity index (χ4n) is 2.95. The summed E-state index contributed by atoms with van der Waals surface area (Å²) in [6.45, 7) is 1.97. The zero-order chi connectivity index (χ0) is 13.9. The molecule has 0 bridgehead atoms. The van der Waals surface area contributed by atoms with Crippen LogP contribution in [0.2, 0.25) is 0 Å². The maximum atomic E-state index is 13.3. The van der Waals surface area contributed by atoms with E-state index >= 15 is 0 Å². The minimum atomic E-state index is -0.219. The second-order valence-electron chi connectivity index (χ2n) is 5.25. The Morgan fingerprint density at radius 3 is 2.70 bits per heavy atom. The first-order chi connectivity index (χ1) is 9.78. The lowest BCUT2D eigenvalue weighted by Gasteiger charge is -2.21. The van der Waals surface area contributed by atoms with Gasteiger partial charge in [0.15, 0.2) is 0 Å². The van der Waals surface area contributed by atoms with Gasteiger partial charge in [0, 0.05) is 30.6 Å². The second kappa shape index (κ2) is 5.84. The number of halogens is 2. The first kappa shape index (κ1) is 13.4. The third-order valence-corrected chi connectivity index (χ3v) is 4.27. The summed E-state index contributed by atoms with van der Waals surface area (Å²) in [5.74, 6) is 0.673. The fraction of sp³-hybridized carbons (Fsp3) is 0.294. The fourth-order valence-corrected chi connectivity index (χ4v) is 3.16. The molecule has 1 atom stereocenters. The van der Waals surface area contributed by atoms with Crippen LogP contribution in [0.5, 0.6) is 0 Å². The van der Waals surface area contributed by atoms with Crippen LogP contribution in [0.1, 0.15) is 23.5 Å². The van der Waals surface area contributed by atoms with E-state index in [9.17, 15) is 4.39 Å². The smallest absolute Gasteiger partial charge is 0.123 e. The summed E-state index contributed by atoms with van der Waals surface area (Å²) in [6.07, 6.45) is 1.13.